The molecule has 5 heteroatoms. The molecule has 1 atom stereocenters. The van der Waals surface area contributed by atoms with Crippen LogP contribution in [0, 0.1) is 5.92 Å². The number of likely N-dealkylation sites (tertiary alicyclic amines) is 1. The number of nitrogens with zero attached hydrogens (tertiary/aromatic N) is 3. The van der Waals surface area contributed by atoms with Gasteiger partial charge in [0.2, 0.25) is 5.91 Å². The van der Waals surface area contributed by atoms with E-state index in [0.717, 1.165) is 31.2 Å². The van der Waals surface area contributed by atoms with Crippen LogP contribution in [0.25, 0.3) is 0 Å². The molecular weight excluding hydrogens is 398 g/mol. The van der Waals surface area contributed by atoms with Crippen LogP contribution < -0.4 is 9.64 Å². The Kier molecular flexibility index (Phi) is 8.16. The fraction of sp³-hybridized carbons (Fsp3) is 0.556. The van der Waals surface area contributed by atoms with Gasteiger partial charge in [0.1, 0.15) is 11.6 Å². The first-order valence-electron chi connectivity index (χ1n) is 12.3. The average Bonchev–Trinajstić information content (AvgIpc) is 2.85. The lowest BCUT2D eigenvalue weighted by molar-refractivity contribution is -0.119. The predicted octanol–water partition coefficient (Wildman–Crippen LogP) is 5.27. The molecule has 1 saturated carbocycles. The van der Waals surface area contributed by atoms with E-state index in [4.69, 9.17) is 4.74 Å². The van der Waals surface area contributed by atoms with Gasteiger partial charge in [-0.2, -0.15) is 0 Å². The van der Waals surface area contributed by atoms with Crippen LogP contribution in [-0.2, 0) is 4.79 Å². The summed E-state index contributed by atoms with van der Waals surface area (Å²) in [6.45, 7) is 3.66. The monoisotopic (exact) mass is 435 g/mol. The van der Waals surface area contributed by atoms with Crippen molar-refractivity contribution < 1.29 is 9.53 Å². The Morgan fingerprint density at radius 2 is 1.88 bits per heavy atom. The first kappa shape index (κ1) is 22.8. The summed E-state index contributed by atoms with van der Waals surface area (Å²) in [6, 6.07) is 14.2. The van der Waals surface area contributed by atoms with E-state index < -0.39 is 0 Å². The van der Waals surface area contributed by atoms with E-state index in [2.05, 4.69) is 28.1 Å². The molecule has 2 aliphatic rings. The number of hydrogen-bond acceptors (Lipinski definition) is 4. The van der Waals surface area contributed by atoms with Crippen molar-refractivity contribution in [3.8, 4) is 5.75 Å². The van der Waals surface area contributed by atoms with Gasteiger partial charge in [-0.15, -0.1) is 0 Å². The van der Waals surface area contributed by atoms with Crippen molar-refractivity contribution in [3.63, 3.8) is 0 Å². The summed E-state index contributed by atoms with van der Waals surface area (Å²) in [5.74, 6) is 3.01. The number of methoxy groups -OCH3 is 1. The van der Waals surface area contributed by atoms with Crippen molar-refractivity contribution in [1.82, 2.24) is 9.88 Å². The second-order valence-electron chi connectivity index (χ2n) is 9.32. The molecule has 0 radical (unpaired) electrons. The number of anilines is 1. The number of ether oxygens (including phenoxy) is 1. The highest BCUT2D eigenvalue weighted by Crippen LogP contribution is 2.33. The van der Waals surface area contributed by atoms with Crippen molar-refractivity contribution in [2.24, 2.45) is 5.92 Å². The Hall–Kier alpha value is -2.40. The zero-order valence-corrected chi connectivity index (χ0v) is 19.4. The fourth-order valence-electron chi connectivity index (χ4n) is 5.39. The maximum Gasteiger partial charge on any atom is 0.228 e. The zero-order valence-electron chi connectivity index (χ0n) is 19.4. The smallest absolute Gasteiger partial charge is 0.228 e. The third-order valence-corrected chi connectivity index (χ3v) is 7.14. The maximum absolute atomic E-state index is 13.3. The van der Waals surface area contributed by atoms with Gasteiger partial charge in [-0.25, -0.2) is 4.98 Å². The molecule has 4 rings (SSSR count). The average molecular weight is 436 g/mol. The summed E-state index contributed by atoms with van der Waals surface area (Å²) >= 11 is 0. The minimum absolute atomic E-state index is 0.230. The molecule has 2 heterocycles. The Labute approximate surface area is 192 Å². The summed E-state index contributed by atoms with van der Waals surface area (Å²) in [6.07, 6.45) is 11.0. The van der Waals surface area contributed by atoms with Crippen LogP contribution in [0.3, 0.4) is 0 Å². The second kappa shape index (κ2) is 11.5. The second-order valence-corrected chi connectivity index (χ2v) is 9.32. The lowest BCUT2D eigenvalue weighted by Gasteiger charge is -2.35. The van der Waals surface area contributed by atoms with Gasteiger partial charge in [-0.1, -0.05) is 43.5 Å². The molecule has 5 nitrogen and oxygen atoms in total. The van der Waals surface area contributed by atoms with E-state index in [1.54, 1.807) is 13.3 Å². The van der Waals surface area contributed by atoms with Gasteiger partial charge in [0, 0.05) is 38.2 Å². The molecule has 0 N–H and O–H groups in total. The van der Waals surface area contributed by atoms with Crippen LogP contribution in [0.1, 0.15) is 62.8 Å². The van der Waals surface area contributed by atoms with Crippen LogP contribution in [0.15, 0.2) is 48.7 Å². The van der Waals surface area contributed by atoms with Crippen molar-refractivity contribution in [2.75, 3.05) is 38.2 Å². The lowest BCUT2D eigenvalue weighted by Crippen LogP contribution is -2.43. The Balaban J connectivity index is 1.40. The minimum Gasteiger partial charge on any atom is -0.496 e. The molecule has 2 aromatic rings. The molecule has 0 spiro atoms. The normalized spacial score (nSPS) is 20.1. The largest absolute Gasteiger partial charge is 0.496 e. The molecule has 1 unspecified atom stereocenters. The van der Waals surface area contributed by atoms with Crippen LogP contribution >= 0.6 is 0 Å². The first-order valence-corrected chi connectivity index (χ1v) is 12.3. The SMILES string of the molecule is COc1ccccc1C1CCCN(CCN(C(=O)CC2CCCCC2)c2ccccn2)C1. The highest BCUT2D eigenvalue weighted by molar-refractivity contribution is 5.92. The number of para-hydroxylation sites is 1. The molecule has 172 valence electrons. The Morgan fingerprint density at radius 1 is 1.06 bits per heavy atom. The van der Waals surface area contributed by atoms with E-state index in [1.807, 2.05) is 29.2 Å². The van der Waals surface area contributed by atoms with Gasteiger partial charge in [-0.05, 0) is 61.9 Å². The number of amides is 1. The van der Waals surface area contributed by atoms with Crippen molar-refractivity contribution in [3.05, 3.63) is 54.2 Å². The molecule has 32 heavy (non-hydrogen) atoms. The summed E-state index contributed by atoms with van der Waals surface area (Å²) < 4.78 is 5.61. The van der Waals surface area contributed by atoms with Crippen LogP contribution in [0.5, 0.6) is 5.75 Å². The van der Waals surface area contributed by atoms with Crippen LogP contribution in [-0.4, -0.2) is 49.1 Å². The van der Waals surface area contributed by atoms with E-state index >= 15 is 0 Å². The summed E-state index contributed by atoms with van der Waals surface area (Å²) in [4.78, 5) is 22.3. The van der Waals surface area contributed by atoms with E-state index in [1.165, 1.54) is 50.5 Å². The number of carbonyl (C=O) groups is 1. The first-order chi connectivity index (χ1) is 15.7. The molecule has 1 saturated heterocycles. The van der Waals surface area contributed by atoms with Gasteiger partial charge in [-0.3, -0.25) is 9.69 Å². The van der Waals surface area contributed by atoms with Crippen molar-refractivity contribution >= 4 is 11.7 Å². The van der Waals surface area contributed by atoms with Gasteiger partial charge in [0.25, 0.3) is 0 Å². The molecule has 1 amide bonds. The van der Waals surface area contributed by atoms with Gasteiger partial charge in [0.05, 0.1) is 7.11 Å². The van der Waals surface area contributed by atoms with Gasteiger partial charge >= 0.3 is 0 Å². The molecule has 2 fully saturated rings. The number of piperidine rings is 1. The standard InChI is InChI=1S/C27H37N3O2/c1-32-25-14-6-5-13-24(25)23-12-9-17-29(21-23)18-19-30(26-15-7-8-16-28-26)27(31)20-22-10-3-2-4-11-22/h5-8,13-16,22-23H,2-4,9-12,17-21H2,1H3. The number of benzene rings is 1. The number of hydrogen-bond donors (Lipinski definition) is 0. The quantitative estimate of drug-likeness (QED) is 0.566. The summed E-state index contributed by atoms with van der Waals surface area (Å²) in [5.41, 5.74) is 1.30. The molecule has 1 aromatic heterocycles. The van der Waals surface area contributed by atoms with E-state index in [9.17, 15) is 4.79 Å². The van der Waals surface area contributed by atoms with Crippen molar-refractivity contribution in [2.45, 2.75) is 57.3 Å². The zero-order chi connectivity index (χ0) is 22.2. The molecule has 0 bridgehead atoms. The number of carbonyl (C=O) groups excluding carboxylic acids is 1. The maximum atomic E-state index is 13.3. The molecular formula is C27H37N3O2. The highest BCUT2D eigenvalue weighted by Gasteiger charge is 2.26. The fourth-order valence-corrected chi connectivity index (χ4v) is 5.39. The lowest BCUT2D eigenvalue weighted by atomic mass is 9.86. The molecule has 1 aromatic carbocycles. The third kappa shape index (κ3) is 5.89. The van der Waals surface area contributed by atoms with E-state index in [-0.39, 0.29) is 5.91 Å². The summed E-state index contributed by atoms with van der Waals surface area (Å²) in [5, 5.41) is 0. The van der Waals surface area contributed by atoms with Gasteiger partial charge in [0.15, 0.2) is 0 Å². The predicted molar refractivity (Wildman–Crippen MR) is 129 cm³/mol. The Morgan fingerprint density at radius 3 is 2.66 bits per heavy atom. The summed E-state index contributed by atoms with van der Waals surface area (Å²) in [7, 11) is 1.75. The van der Waals surface area contributed by atoms with Crippen LogP contribution in [0.4, 0.5) is 5.82 Å². The van der Waals surface area contributed by atoms with E-state index in [0.29, 0.717) is 24.8 Å². The number of pyridine rings is 1. The topological polar surface area (TPSA) is 45.7 Å². The number of rotatable bonds is 8. The van der Waals surface area contributed by atoms with Crippen LogP contribution in [0.2, 0.25) is 0 Å². The van der Waals surface area contributed by atoms with Gasteiger partial charge < -0.3 is 9.64 Å². The highest BCUT2D eigenvalue weighted by atomic mass is 16.5. The molecule has 1 aliphatic carbocycles. The van der Waals surface area contributed by atoms with Crippen molar-refractivity contribution in [1.29, 1.82) is 0 Å². The minimum atomic E-state index is 0.230. The number of aromatic nitrogens is 1. The Bertz CT molecular complexity index is 851. The third-order valence-electron chi connectivity index (χ3n) is 7.14. The molecule has 1 aliphatic heterocycles.